The standard InChI is InChI=1S/C16H20N4O2S2/c1-23-16-17-9-11(10-18-16)13-14(24-20-19-13)15(21)22-12-7-5-3-2-4-6-8-12/h9-10,12H,2-8H2,1H3. The fourth-order valence-corrected chi connectivity index (χ4v) is 3.69. The highest BCUT2D eigenvalue weighted by Gasteiger charge is 2.23. The molecule has 0 aromatic carbocycles. The highest BCUT2D eigenvalue weighted by molar-refractivity contribution is 7.98. The molecule has 0 radical (unpaired) electrons. The first-order chi connectivity index (χ1) is 11.8. The van der Waals surface area contributed by atoms with Crippen LogP contribution in [-0.4, -0.2) is 37.9 Å². The molecule has 0 amide bonds. The Kier molecular flexibility index (Phi) is 6.14. The van der Waals surface area contributed by atoms with Gasteiger partial charge < -0.3 is 4.74 Å². The summed E-state index contributed by atoms with van der Waals surface area (Å²) in [5.74, 6) is -0.334. The minimum absolute atomic E-state index is 0.00265. The molecule has 2 aromatic heterocycles. The van der Waals surface area contributed by atoms with E-state index >= 15 is 0 Å². The second-order valence-electron chi connectivity index (χ2n) is 5.78. The molecule has 0 bridgehead atoms. The van der Waals surface area contributed by atoms with Gasteiger partial charge in [-0.15, -0.1) is 5.10 Å². The number of carbonyl (C=O) groups excluding carboxylic acids is 1. The Labute approximate surface area is 149 Å². The predicted octanol–water partition coefficient (Wildman–Crippen LogP) is 3.99. The monoisotopic (exact) mass is 364 g/mol. The molecule has 8 heteroatoms. The van der Waals surface area contributed by atoms with Gasteiger partial charge in [0.25, 0.3) is 0 Å². The molecule has 1 aliphatic rings. The molecule has 0 N–H and O–H groups in total. The number of thioether (sulfide) groups is 1. The Hall–Kier alpha value is -1.54. The Bertz CT molecular complexity index is 667. The fourth-order valence-electron chi connectivity index (χ4n) is 2.80. The van der Waals surface area contributed by atoms with Crippen molar-refractivity contribution in [1.29, 1.82) is 0 Å². The van der Waals surface area contributed by atoms with Gasteiger partial charge >= 0.3 is 5.97 Å². The number of aromatic nitrogens is 4. The number of hydrogen-bond donors (Lipinski definition) is 0. The summed E-state index contributed by atoms with van der Waals surface area (Å²) in [6, 6.07) is 0. The van der Waals surface area contributed by atoms with E-state index in [0.29, 0.717) is 21.3 Å². The summed E-state index contributed by atoms with van der Waals surface area (Å²) in [6.45, 7) is 0. The maximum absolute atomic E-state index is 12.6. The van der Waals surface area contributed by atoms with Crippen molar-refractivity contribution in [3.63, 3.8) is 0 Å². The van der Waals surface area contributed by atoms with Crippen LogP contribution in [0, 0.1) is 0 Å². The number of hydrogen-bond acceptors (Lipinski definition) is 8. The van der Waals surface area contributed by atoms with Gasteiger partial charge in [0.05, 0.1) is 0 Å². The molecular weight excluding hydrogens is 344 g/mol. The Balaban J connectivity index is 1.72. The van der Waals surface area contributed by atoms with Crippen LogP contribution in [0.4, 0.5) is 0 Å². The molecule has 2 heterocycles. The lowest BCUT2D eigenvalue weighted by molar-refractivity contribution is 0.0245. The first-order valence-corrected chi connectivity index (χ1v) is 10.2. The quantitative estimate of drug-likeness (QED) is 0.461. The van der Waals surface area contributed by atoms with Gasteiger partial charge in [0.15, 0.2) is 10.0 Å². The van der Waals surface area contributed by atoms with Crippen molar-refractivity contribution < 1.29 is 9.53 Å². The van der Waals surface area contributed by atoms with E-state index in [1.807, 2.05) is 6.26 Å². The van der Waals surface area contributed by atoms with Crippen LogP contribution in [0.2, 0.25) is 0 Å². The highest BCUT2D eigenvalue weighted by atomic mass is 32.2. The molecule has 0 saturated heterocycles. The molecule has 1 fully saturated rings. The summed E-state index contributed by atoms with van der Waals surface area (Å²) in [4.78, 5) is 21.4. The molecule has 0 unspecified atom stereocenters. The van der Waals surface area contributed by atoms with E-state index in [0.717, 1.165) is 37.2 Å². The molecule has 2 aromatic rings. The number of carbonyl (C=O) groups is 1. The van der Waals surface area contributed by atoms with E-state index in [2.05, 4.69) is 19.6 Å². The number of esters is 1. The van der Waals surface area contributed by atoms with Gasteiger partial charge in [0, 0.05) is 18.0 Å². The second kappa shape index (κ2) is 8.53. The van der Waals surface area contributed by atoms with Crippen LogP contribution in [0.25, 0.3) is 11.3 Å². The lowest BCUT2D eigenvalue weighted by Gasteiger charge is -2.19. The third-order valence-electron chi connectivity index (χ3n) is 4.08. The normalized spacial score (nSPS) is 16.4. The molecule has 0 atom stereocenters. The highest BCUT2D eigenvalue weighted by Crippen LogP contribution is 2.26. The summed E-state index contributed by atoms with van der Waals surface area (Å²) in [5, 5.41) is 4.75. The molecule has 128 valence electrons. The lowest BCUT2D eigenvalue weighted by atomic mass is 9.98. The van der Waals surface area contributed by atoms with E-state index in [4.69, 9.17) is 4.74 Å². The zero-order valence-electron chi connectivity index (χ0n) is 13.6. The zero-order chi connectivity index (χ0) is 16.8. The molecule has 3 rings (SSSR count). The summed E-state index contributed by atoms with van der Waals surface area (Å²) >= 11 is 2.53. The molecule has 24 heavy (non-hydrogen) atoms. The van der Waals surface area contributed by atoms with E-state index in [-0.39, 0.29) is 12.1 Å². The predicted molar refractivity (Wildman–Crippen MR) is 94.2 cm³/mol. The van der Waals surface area contributed by atoms with Gasteiger partial charge in [-0.25, -0.2) is 14.8 Å². The van der Waals surface area contributed by atoms with Crippen molar-refractivity contribution in [3.05, 3.63) is 17.3 Å². The topological polar surface area (TPSA) is 77.9 Å². The van der Waals surface area contributed by atoms with Gasteiger partial charge in [-0.1, -0.05) is 35.5 Å². The van der Waals surface area contributed by atoms with Gasteiger partial charge in [0.1, 0.15) is 11.8 Å². The maximum atomic E-state index is 12.6. The van der Waals surface area contributed by atoms with Crippen molar-refractivity contribution >= 4 is 29.3 Å². The largest absolute Gasteiger partial charge is 0.458 e. The van der Waals surface area contributed by atoms with Crippen LogP contribution >= 0.6 is 23.3 Å². The summed E-state index contributed by atoms with van der Waals surface area (Å²) in [7, 11) is 0. The number of ether oxygens (including phenoxy) is 1. The first-order valence-electron chi connectivity index (χ1n) is 8.17. The molecule has 1 saturated carbocycles. The minimum atomic E-state index is -0.334. The van der Waals surface area contributed by atoms with Crippen molar-refractivity contribution in [1.82, 2.24) is 19.6 Å². The second-order valence-corrected chi connectivity index (χ2v) is 7.31. The summed E-state index contributed by atoms with van der Waals surface area (Å²) in [6.07, 6.45) is 13.1. The Morgan fingerprint density at radius 1 is 1.17 bits per heavy atom. The molecule has 0 spiro atoms. The van der Waals surface area contributed by atoms with Crippen LogP contribution in [0.3, 0.4) is 0 Å². The average molecular weight is 364 g/mol. The zero-order valence-corrected chi connectivity index (χ0v) is 15.2. The van der Waals surface area contributed by atoms with E-state index in [1.165, 1.54) is 31.0 Å². The molecule has 6 nitrogen and oxygen atoms in total. The van der Waals surface area contributed by atoms with E-state index in [9.17, 15) is 4.79 Å². The Morgan fingerprint density at radius 2 is 1.83 bits per heavy atom. The van der Waals surface area contributed by atoms with Crippen LogP contribution in [0.5, 0.6) is 0 Å². The average Bonchev–Trinajstić information content (AvgIpc) is 3.07. The first kappa shape index (κ1) is 17.3. The van der Waals surface area contributed by atoms with Gasteiger partial charge in [0.2, 0.25) is 0 Å². The van der Waals surface area contributed by atoms with Crippen LogP contribution < -0.4 is 0 Å². The summed E-state index contributed by atoms with van der Waals surface area (Å²) < 4.78 is 9.64. The third-order valence-corrected chi connectivity index (χ3v) is 5.37. The molecule has 0 aliphatic heterocycles. The lowest BCUT2D eigenvalue weighted by Crippen LogP contribution is -2.19. The van der Waals surface area contributed by atoms with Crippen molar-refractivity contribution in [2.45, 2.75) is 56.2 Å². The van der Waals surface area contributed by atoms with E-state index in [1.54, 1.807) is 12.4 Å². The van der Waals surface area contributed by atoms with Crippen LogP contribution in [0.15, 0.2) is 17.6 Å². The number of nitrogens with zero attached hydrogens (tertiary/aromatic N) is 4. The fraction of sp³-hybridized carbons (Fsp3) is 0.562. The van der Waals surface area contributed by atoms with Crippen molar-refractivity contribution in [2.75, 3.05) is 6.26 Å². The van der Waals surface area contributed by atoms with Gasteiger partial charge in [-0.3, -0.25) is 0 Å². The molecule has 1 aliphatic carbocycles. The van der Waals surface area contributed by atoms with Crippen LogP contribution in [-0.2, 0) is 4.74 Å². The maximum Gasteiger partial charge on any atom is 0.352 e. The third kappa shape index (κ3) is 4.30. The number of rotatable bonds is 4. The van der Waals surface area contributed by atoms with Crippen LogP contribution in [0.1, 0.15) is 54.6 Å². The van der Waals surface area contributed by atoms with Crippen molar-refractivity contribution in [3.8, 4) is 11.3 Å². The van der Waals surface area contributed by atoms with E-state index < -0.39 is 0 Å². The Morgan fingerprint density at radius 3 is 2.50 bits per heavy atom. The smallest absolute Gasteiger partial charge is 0.352 e. The molecular formula is C16H20N4O2S2. The summed E-state index contributed by atoms with van der Waals surface area (Å²) in [5.41, 5.74) is 1.19. The van der Waals surface area contributed by atoms with Crippen molar-refractivity contribution in [2.24, 2.45) is 0 Å². The van der Waals surface area contributed by atoms with Gasteiger partial charge in [-0.2, -0.15) is 0 Å². The minimum Gasteiger partial charge on any atom is -0.458 e. The van der Waals surface area contributed by atoms with Gasteiger partial charge in [-0.05, 0) is 43.5 Å². The SMILES string of the molecule is CSc1ncc(-c2nnsc2C(=O)OC2CCCCCCC2)cn1.